The van der Waals surface area contributed by atoms with Gasteiger partial charge in [0.1, 0.15) is 12.1 Å². The van der Waals surface area contributed by atoms with Gasteiger partial charge in [0.2, 0.25) is 0 Å². The van der Waals surface area contributed by atoms with Crippen LogP contribution < -0.4 is 5.73 Å². The van der Waals surface area contributed by atoms with Gasteiger partial charge in [-0.25, -0.2) is 0 Å². The molecule has 0 bridgehead atoms. The number of nitrogens with zero attached hydrogens (tertiary/aromatic N) is 1. The second kappa shape index (κ2) is 5.93. The normalized spacial score (nSPS) is 14.2. The zero-order chi connectivity index (χ0) is 12.1. The van der Waals surface area contributed by atoms with Gasteiger partial charge in [-0.05, 0) is 28.9 Å². The first-order valence-corrected chi connectivity index (χ1v) is 5.56. The molecule has 3 N–H and O–H groups in total. The molecule has 0 fully saturated rings. The average Bonchev–Trinajstić information content (AvgIpc) is 2.27. The molecule has 0 radical (unpaired) electrons. The molecule has 0 saturated carbocycles. The number of halogens is 1. The van der Waals surface area contributed by atoms with E-state index in [1.807, 2.05) is 0 Å². The number of rotatable bonds is 4. The van der Waals surface area contributed by atoms with E-state index in [4.69, 9.17) is 10.5 Å². The average molecular weight is 289 g/mol. The highest BCUT2D eigenvalue weighted by Crippen LogP contribution is 2.19. The van der Waals surface area contributed by atoms with Crippen LogP contribution in [0.15, 0.2) is 22.9 Å². The van der Waals surface area contributed by atoms with Crippen LogP contribution in [0.5, 0.6) is 0 Å². The molecule has 88 valence electrons. The van der Waals surface area contributed by atoms with Crippen molar-refractivity contribution in [2.24, 2.45) is 5.73 Å². The smallest absolute Gasteiger partial charge is 0.325 e. The maximum atomic E-state index is 11.3. The Morgan fingerprint density at radius 1 is 1.69 bits per heavy atom. The number of aromatic nitrogens is 1. The van der Waals surface area contributed by atoms with E-state index >= 15 is 0 Å². The molecule has 0 amide bonds. The number of esters is 1. The van der Waals surface area contributed by atoms with E-state index in [0.717, 1.165) is 0 Å². The molecular formula is C10H13BrN2O3. The summed E-state index contributed by atoms with van der Waals surface area (Å²) in [4.78, 5) is 15.2. The fourth-order valence-corrected chi connectivity index (χ4v) is 1.55. The number of carbonyl (C=O) groups excluding carboxylic acids is 1. The van der Waals surface area contributed by atoms with Crippen LogP contribution in [0.2, 0.25) is 0 Å². The fraction of sp³-hybridized carbons (Fsp3) is 0.400. The lowest BCUT2D eigenvalue weighted by Crippen LogP contribution is -2.38. The first-order chi connectivity index (χ1) is 7.56. The lowest BCUT2D eigenvalue weighted by molar-refractivity contribution is -0.147. The van der Waals surface area contributed by atoms with Gasteiger partial charge in [0, 0.05) is 22.4 Å². The Balaban J connectivity index is 2.77. The van der Waals surface area contributed by atoms with Crippen molar-refractivity contribution in [3.63, 3.8) is 0 Å². The van der Waals surface area contributed by atoms with Gasteiger partial charge < -0.3 is 15.6 Å². The molecule has 0 saturated heterocycles. The maximum Gasteiger partial charge on any atom is 0.325 e. The quantitative estimate of drug-likeness (QED) is 0.800. The first kappa shape index (κ1) is 13.1. The third kappa shape index (κ3) is 3.26. The molecule has 0 aliphatic rings. The van der Waals surface area contributed by atoms with Crippen LogP contribution in [0.4, 0.5) is 0 Å². The number of pyridine rings is 1. The summed E-state index contributed by atoms with van der Waals surface area (Å²) in [6, 6.07) is 0.549. The van der Waals surface area contributed by atoms with E-state index in [1.165, 1.54) is 6.20 Å². The molecule has 5 nitrogen and oxygen atoms in total. The highest BCUT2D eigenvalue weighted by Gasteiger charge is 2.25. The number of ether oxygens (including phenoxy) is 1. The van der Waals surface area contributed by atoms with Crippen LogP contribution in [0.3, 0.4) is 0 Å². The summed E-state index contributed by atoms with van der Waals surface area (Å²) in [5, 5.41) is 9.82. The molecule has 6 heteroatoms. The largest absolute Gasteiger partial charge is 0.465 e. The van der Waals surface area contributed by atoms with E-state index in [2.05, 4.69) is 20.9 Å². The van der Waals surface area contributed by atoms with Crippen LogP contribution in [-0.2, 0) is 9.53 Å². The molecule has 1 aromatic heterocycles. The van der Waals surface area contributed by atoms with E-state index in [1.54, 1.807) is 19.2 Å². The number of nitrogens with two attached hydrogens (primary N) is 1. The third-order valence-corrected chi connectivity index (χ3v) is 2.40. The molecule has 0 spiro atoms. The summed E-state index contributed by atoms with van der Waals surface area (Å²) < 4.78 is 5.43. The zero-order valence-corrected chi connectivity index (χ0v) is 10.3. The SMILES string of the molecule is CCOC(=O)C(N)C(O)c1cncc(Br)c1. The number of aliphatic hydroxyl groups is 1. The van der Waals surface area contributed by atoms with Crippen molar-refractivity contribution in [1.29, 1.82) is 0 Å². The zero-order valence-electron chi connectivity index (χ0n) is 8.76. The van der Waals surface area contributed by atoms with Crippen molar-refractivity contribution in [2.45, 2.75) is 19.1 Å². The minimum Gasteiger partial charge on any atom is -0.465 e. The molecule has 0 aromatic carbocycles. The van der Waals surface area contributed by atoms with Crippen molar-refractivity contribution in [1.82, 2.24) is 4.98 Å². The number of hydrogen-bond donors (Lipinski definition) is 2. The van der Waals surface area contributed by atoms with Crippen LogP contribution in [-0.4, -0.2) is 28.7 Å². The third-order valence-electron chi connectivity index (χ3n) is 1.97. The Morgan fingerprint density at radius 3 is 2.94 bits per heavy atom. The van der Waals surface area contributed by atoms with Crippen LogP contribution in [0.25, 0.3) is 0 Å². The van der Waals surface area contributed by atoms with Gasteiger partial charge in [-0.3, -0.25) is 9.78 Å². The Bertz CT molecular complexity index is 373. The van der Waals surface area contributed by atoms with Gasteiger partial charge in [-0.1, -0.05) is 0 Å². The maximum absolute atomic E-state index is 11.3. The van der Waals surface area contributed by atoms with E-state index in [0.29, 0.717) is 10.0 Å². The summed E-state index contributed by atoms with van der Waals surface area (Å²) in [5.74, 6) is -0.630. The lowest BCUT2D eigenvalue weighted by Gasteiger charge is -2.17. The Labute approximate surface area is 102 Å². The highest BCUT2D eigenvalue weighted by molar-refractivity contribution is 9.10. The predicted octanol–water partition coefficient (Wildman–Crippen LogP) is 0.768. The molecule has 2 atom stereocenters. The van der Waals surface area contributed by atoms with E-state index in [9.17, 15) is 9.90 Å². The summed E-state index contributed by atoms with van der Waals surface area (Å²) in [5.41, 5.74) is 6.03. The topological polar surface area (TPSA) is 85.4 Å². The molecule has 0 aliphatic heterocycles. The summed E-state index contributed by atoms with van der Waals surface area (Å²) in [6.07, 6.45) is 1.91. The van der Waals surface area contributed by atoms with Gasteiger partial charge >= 0.3 is 5.97 Å². The van der Waals surface area contributed by atoms with Crippen LogP contribution >= 0.6 is 15.9 Å². The fourth-order valence-electron chi connectivity index (χ4n) is 1.16. The van der Waals surface area contributed by atoms with Crippen LogP contribution in [0, 0.1) is 0 Å². The molecule has 16 heavy (non-hydrogen) atoms. The van der Waals surface area contributed by atoms with Gasteiger partial charge in [-0.2, -0.15) is 0 Å². The summed E-state index contributed by atoms with van der Waals surface area (Å²) >= 11 is 3.22. The monoisotopic (exact) mass is 288 g/mol. The summed E-state index contributed by atoms with van der Waals surface area (Å²) in [7, 11) is 0. The Hall–Kier alpha value is -0.980. The first-order valence-electron chi connectivity index (χ1n) is 4.77. The number of carbonyl (C=O) groups is 1. The van der Waals surface area contributed by atoms with Crippen molar-refractivity contribution < 1.29 is 14.6 Å². The standard InChI is InChI=1S/C10H13BrN2O3/c1-2-16-10(15)8(12)9(14)6-3-7(11)5-13-4-6/h3-5,8-9,14H,2,12H2,1H3. The molecular weight excluding hydrogens is 276 g/mol. The van der Waals surface area contributed by atoms with Crippen molar-refractivity contribution in [2.75, 3.05) is 6.61 Å². The van der Waals surface area contributed by atoms with Crippen LogP contribution in [0.1, 0.15) is 18.6 Å². The van der Waals surface area contributed by atoms with E-state index in [-0.39, 0.29) is 6.61 Å². The molecule has 1 rings (SSSR count). The molecule has 1 heterocycles. The van der Waals surface area contributed by atoms with E-state index < -0.39 is 18.1 Å². The Kier molecular flexibility index (Phi) is 4.85. The van der Waals surface area contributed by atoms with Crippen molar-refractivity contribution >= 4 is 21.9 Å². The van der Waals surface area contributed by atoms with Crippen molar-refractivity contribution in [3.05, 3.63) is 28.5 Å². The molecule has 0 aliphatic carbocycles. The second-order valence-electron chi connectivity index (χ2n) is 3.16. The minimum absolute atomic E-state index is 0.232. The lowest BCUT2D eigenvalue weighted by atomic mass is 10.1. The van der Waals surface area contributed by atoms with Crippen molar-refractivity contribution in [3.8, 4) is 0 Å². The van der Waals surface area contributed by atoms with Gasteiger partial charge in [0.25, 0.3) is 0 Å². The minimum atomic E-state index is -1.12. The van der Waals surface area contributed by atoms with Gasteiger partial charge in [0.15, 0.2) is 0 Å². The Morgan fingerprint density at radius 2 is 2.38 bits per heavy atom. The second-order valence-corrected chi connectivity index (χ2v) is 4.07. The summed E-state index contributed by atoms with van der Waals surface area (Å²) in [6.45, 7) is 1.91. The van der Waals surface area contributed by atoms with Gasteiger partial charge in [-0.15, -0.1) is 0 Å². The molecule has 2 unspecified atom stereocenters. The van der Waals surface area contributed by atoms with Gasteiger partial charge in [0.05, 0.1) is 6.61 Å². The number of hydrogen-bond acceptors (Lipinski definition) is 5. The molecule has 1 aromatic rings. The predicted molar refractivity (Wildman–Crippen MR) is 61.5 cm³/mol. The highest BCUT2D eigenvalue weighted by atomic mass is 79.9. The number of aliphatic hydroxyl groups excluding tert-OH is 1.